The number of carbonyl (C=O) groups is 1. The van der Waals surface area contributed by atoms with E-state index in [2.05, 4.69) is 31.5 Å². The number of nitrogens with one attached hydrogen (secondary N) is 3. The van der Waals surface area contributed by atoms with Crippen molar-refractivity contribution in [1.29, 1.82) is 0 Å². The van der Waals surface area contributed by atoms with Crippen LogP contribution in [0.5, 0.6) is 0 Å². The maximum Gasteiger partial charge on any atom is 0.251 e. The number of carbonyl (C=O) groups excluding carboxylic acids is 1. The molecule has 0 unspecified atom stereocenters. The van der Waals surface area contributed by atoms with Crippen LogP contribution in [0.2, 0.25) is 5.02 Å². The van der Waals surface area contributed by atoms with Crippen LogP contribution < -0.4 is 10.2 Å². The number of H-pyrrole nitrogens is 2. The number of halogens is 1. The Hall–Kier alpha value is -3.25. The molecule has 5 rings (SSSR count). The van der Waals surface area contributed by atoms with Gasteiger partial charge in [-0.2, -0.15) is 5.10 Å². The number of amides is 1. The molecular formula is C23H22ClN5O. The van der Waals surface area contributed by atoms with Crippen molar-refractivity contribution in [1.82, 2.24) is 20.5 Å². The summed E-state index contributed by atoms with van der Waals surface area (Å²) in [6.07, 6.45) is 3.66. The number of rotatable bonds is 4. The summed E-state index contributed by atoms with van der Waals surface area (Å²) >= 11 is 5.97. The maximum absolute atomic E-state index is 12.6. The van der Waals surface area contributed by atoms with Crippen LogP contribution in [0, 0.1) is 0 Å². The molecule has 3 heterocycles. The summed E-state index contributed by atoms with van der Waals surface area (Å²) in [7, 11) is 0. The molecule has 152 valence electrons. The fourth-order valence-corrected chi connectivity index (χ4v) is 4.09. The van der Waals surface area contributed by atoms with Gasteiger partial charge in [-0.05, 0) is 54.1 Å². The van der Waals surface area contributed by atoms with E-state index in [0.717, 1.165) is 58.9 Å². The number of anilines is 1. The minimum atomic E-state index is -0.0188. The molecule has 0 spiro atoms. The highest BCUT2D eigenvalue weighted by molar-refractivity contribution is 6.30. The van der Waals surface area contributed by atoms with Crippen molar-refractivity contribution in [2.24, 2.45) is 0 Å². The normalized spacial score (nSPS) is 14.9. The fraction of sp³-hybridized carbons (Fsp3) is 0.217. The summed E-state index contributed by atoms with van der Waals surface area (Å²) in [6.45, 7) is 1.71. The van der Waals surface area contributed by atoms with E-state index in [9.17, 15) is 4.79 Å². The molecule has 0 saturated carbocycles. The third-order valence-corrected chi connectivity index (χ3v) is 5.94. The number of aromatic amines is 2. The highest BCUT2D eigenvalue weighted by atomic mass is 35.5. The van der Waals surface area contributed by atoms with Crippen molar-refractivity contribution >= 4 is 34.2 Å². The zero-order valence-corrected chi connectivity index (χ0v) is 17.1. The lowest BCUT2D eigenvalue weighted by molar-refractivity contribution is 0.0931. The first kappa shape index (κ1) is 18.8. The van der Waals surface area contributed by atoms with Crippen molar-refractivity contribution in [3.8, 4) is 11.3 Å². The molecule has 1 aliphatic heterocycles. The average molecular weight is 420 g/mol. The van der Waals surface area contributed by atoms with Crippen molar-refractivity contribution in [2.75, 3.05) is 18.0 Å². The molecule has 2 aromatic heterocycles. The van der Waals surface area contributed by atoms with E-state index in [1.807, 2.05) is 54.7 Å². The monoisotopic (exact) mass is 419 g/mol. The molecule has 0 radical (unpaired) electrons. The Morgan fingerprint density at radius 2 is 1.87 bits per heavy atom. The number of fused-ring (bicyclic) bond motifs is 1. The van der Waals surface area contributed by atoms with Crippen LogP contribution in [0.3, 0.4) is 0 Å². The Kier molecular flexibility index (Phi) is 4.93. The number of piperidine rings is 1. The van der Waals surface area contributed by atoms with E-state index in [1.165, 1.54) is 0 Å². The summed E-state index contributed by atoms with van der Waals surface area (Å²) in [5.41, 5.74) is 3.69. The van der Waals surface area contributed by atoms with E-state index >= 15 is 0 Å². The van der Waals surface area contributed by atoms with Crippen LogP contribution in [0.15, 0.2) is 60.8 Å². The maximum atomic E-state index is 12.6. The predicted molar refractivity (Wildman–Crippen MR) is 120 cm³/mol. The Balaban J connectivity index is 1.19. The minimum Gasteiger partial charge on any atom is -0.361 e. The number of nitrogens with zero attached hydrogens (tertiary/aromatic N) is 2. The number of hydrogen-bond acceptors (Lipinski definition) is 3. The largest absolute Gasteiger partial charge is 0.361 e. The summed E-state index contributed by atoms with van der Waals surface area (Å²) < 4.78 is 0. The number of aromatic nitrogens is 3. The zero-order valence-electron chi connectivity index (χ0n) is 16.4. The number of benzene rings is 2. The van der Waals surface area contributed by atoms with Crippen LogP contribution in [-0.2, 0) is 0 Å². The molecule has 1 fully saturated rings. The molecule has 3 N–H and O–H groups in total. The molecule has 7 heteroatoms. The molecule has 1 amide bonds. The number of hydrogen-bond donors (Lipinski definition) is 3. The Morgan fingerprint density at radius 3 is 2.67 bits per heavy atom. The van der Waals surface area contributed by atoms with Crippen molar-refractivity contribution in [3.63, 3.8) is 0 Å². The van der Waals surface area contributed by atoms with Gasteiger partial charge >= 0.3 is 0 Å². The third kappa shape index (κ3) is 3.78. The van der Waals surface area contributed by atoms with Gasteiger partial charge in [0, 0.05) is 47.5 Å². The van der Waals surface area contributed by atoms with Crippen molar-refractivity contribution in [3.05, 3.63) is 71.4 Å². The van der Waals surface area contributed by atoms with Crippen molar-refractivity contribution in [2.45, 2.75) is 18.9 Å². The molecule has 4 aromatic rings. The van der Waals surface area contributed by atoms with Crippen LogP contribution in [0.1, 0.15) is 23.2 Å². The van der Waals surface area contributed by atoms with Crippen LogP contribution in [-0.4, -0.2) is 40.2 Å². The van der Waals surface area contributed by atoms with E-state index in [4.69, 9.17) is 11.6 Å². The van der Waals surface area contributed by atoms with Gasteiger partial charge in [-0.25, -0.2) is 0 Å². The van der Waals surface area contributed by atoms with Gasteiger partial charge in [0.05, 0.1) is 5.69 Å². The summed E-state index contributed by atoms with van der Waals surface area (Å²) in [5.74, 6) is 0.914. The smallest absolute Gasteiger partial charge is 0.251 e. The van der Waals surface area contributed by atoms with Gasteiger partial charge in [-0.15, -0.1) is 0 Å². The minimum absolute atomic E-state index is 0.0188. The first-order valence-electron chi connectivity index (χ1n) is 10.1. The Morgan fingerprint density at radius 1 is 1.07 bits per heavy atom. The molecule has 1 aliphatic rings. The van der Waals surface area contributed by atoms with Crippen LogP contribution >= 0.6 is 11.6 Å². The fourth-order valence-electron chi connectivity index (χ4n) is 3.96. The van der Waals surface area contributed by atoms with E-state index in [1.54, 1.807) is 0 Å². The lowest BCUT2D eigenvalue weighted by Gasteiger charge is -2.32. The van der Waals surface area contributed by atoms with Crippen LogP contribution in [0.4, 0.5) is 5.82 Å². The van der Waals surface area contributed by atoms with Gasteiger partial charge < -0.3 is 15.2 Å². The van der Waals surface area contributed by atoms with Gasteiger partial charge in [0.1, 0.15) is 0 Å². The second-order valence-corrected chi connectivity index (χ2v) is 8.10. The summed E-state index contributed by atoms with van der Waals surface area (Å²) in [4.78, 5) is 18.1. The molecule has 2 aromatic carbocycles. The molecule has 1 saturated heterocycles. The van der Waals surface area contributed by atoms with Gasteiger partial charge in [0.15, 0.2) is 5.82 Å². The molecule has 0 bridgehead atoms. The van der Waals surface area contributed by atoms with E-state index in [-0.39, 0.29) is 11.9 Å². The van der Waals surface area contributed by atoms with Gasteiger partial charge in [0.25, 0.3) is 5.91 Å². The van der Waals surface area contributed by atoms with Gasteiger partial charge in [-0.3, -0.25) is 9.89 Å². The molecule has 0 aliphatic carbocycles. The molecule has 0 atom stereocenters. The summed E-state index contributed by atoms with van der Waals surface area (Å²) in [5, 5.41) is 12.6. The highest BCUT2D eigenvalue weighted by Crippen LogP contribution is 2.25. The van der Waals surface area contributed by atoms with Crippen molar-refractivity contribution < 1.29 is 4.79 Å². The first-order chi connectivity index (χ1) is 14.7. The Bertz CT molecular complexity index is 1170. The van der Waals surface area contributed by atoms with Gasteiger partial charge in [-0.1, -0.05) is 29.8 Å². The SMILES string of the molecule is O=C(NC1CCN(c2cc(-c3ccc(Cl)cc3)[nH]n2)CC1)c1ccc2cc[nH]c2c1. The van der Waals surface area contributed by atoms with E-state index < -0.39 is 0 Å². The molecule has 6 nitrogen and oxygen atoms in total. The van der Waals surface area contributed by atoms with Gasteiger partial charge in [0.2, 0.25) is 0 Å². The topological polar surface area (TPSA) is 76.8 Å². The second-order valence-electron chi connectivity index (χ2n) is 7.66. The standard InChI is InChI=1S/C23H22ClN5O/c24-18-5-3-15(4-6-18)21-14-22(28-27-21)29-11-8-19(9-12-29)26-23(30)17-2-1-16-7-10-25-20(16)13-17/h1-7,10,13-14,19,25H,8-9,11-12H2,(H,26,30)(H,27,28). The third-order valence-electron chi connectivity index (χ3n) is 5.69. The summed E-state index contributed by atoms with van der Waals surface area (Å²) in [6, 6.07) is 17.7. The lowest BCUT2D eigenvalue weighted by atomic mass is 10.0. The second kappa shape index (κ2) is 7.88. The highest BCUT2D eigenvalue weighted by Gasteiger charge is 2.23. The molecule has 30 heavy (non-hydrogen) atoms. The first-order valence-corrected chi connectivity index (χ1v) is 10.5. The Labute approximate surface area is 179 Å². The van der Waals surface area contributed by atoms with Crippen LogP contribution in [0.25, 0.3) is 22.2 Å². The average Bonchev–Trinajstić information content (AvgIpc) is 3.44. The quantitative estimate of drug-likeness (QED) is 0.452. The van der Waals surface area contributed by atoms with E-state index in [0.29, 0.717) is 5.56 Å². The zero-order chi connectivity index (χ0) is 20.5. The predicted octanol–water partition coefficient (Wildman–Crippen LogP) is 4.61. The molecular weight excluding hydrogens is 398 g/mol. The lowest BCUT2D eigenvalue weighted by Crippen LogP contribution is -2.44.